The van der Waals surface area contributed by atoms with Gasteiger partial charge in [0.1, 0.15) is 0 Å². The number of sulfonamides is 1. The molecular formula is C18H17N5O3S. The van der Waals surface area contributed by atoms with E-state index >= 15 is 0 Å². The summed E-state index contributed by atoms with van der Waals surface area (Å²) in [6.45, 7) is 0. The Balaban J connectivity index is 1.49. The van der Waals surface area contributed by atoms with Crippen LogP contribution in [-0.2, 0) is 10.0 Å². The summed E-state index contributed by atoms with van der Waals surface area (Å²) in [6.07, 6.45) is 6.63. The summed E-state index contributed by atoms with van der Waals surface area (Å²) in [5.74, 6) is 0.212. The highest BCUT2D eigenvalue weighted by Crippen LogP contribution is 2.22. The molecule has 1 aliphatic rings. The number of carbonyl (C=O) groups excluding carboxylic acids is 1. The lowest BCUT2D eigenvalue weighted by atomic mass is 10.2. The second-order valence-corrected chi connectivity index (χ2v) is 7.95. The minimum Gasteiger partial charge on any atom is -0.321 e. The number of aromatic nitrogens is 3. The van der Waals surface area contributed by atoms with Crippen LogP contribution < -0.4 is 10.0 Å². The molecule has 2 aromatic heterocycles. The van der Waals surface area contributed by atoms with E-state index in [0.717, 1.165) is 12.8 Å². The van der Waals surface area contributed by atoms with Crippen molar-refractivity contribution in [2.24, 2.45) is 0 Å². The summed E-state index contributed by atoms with van der Waals surface area (Å²) in [4.78, 5) is 16.8. The number of rotatable bonds is 6. The fourth-order valence-electron chi connectivity index (χ4n) is 2.50. The molecule has 0 spiro atoms. The smallest absolute Gasteiger partial charge is 0.255 e. The van der Waals surface area contributed by atoms with Crippen LogP contribution >= 0.6 is 0 Å². The van der Waals surface area contributed by atoms with Crippen molar-refractivity contribution in [2.75, 3.05) is 5.32 Å². The van der Waals surface area contributed by atoms with Gasteiger partial charge in [-0.2, -0.15) is 5.10 Å². The highest BCUT2D eigenvalue weighted by molar-refractivity contribution is 7.89. The lowest BCUT2D eigenvalue weighted by Gasteiger charge is -2.09. The Morgan fingerprint density at radius 3 is 2.67 bits per heavy atom. The van der Waals surface area contributed by atoms with Crippen LogP contribution in [0.2, 0.25) is 0 Å². The van der Waals surface area contributed by atoms with Crippen LogP contribution in [0.5, 0.6) is 0 Å². The zero-order chi connectivity index (χ0) is 18.9. The number of hydrogen-bond acceptors (Lipinski definition) is 5. The van der Waals surface area contributed by atoms with Crippen LogP contribution in [0.4, 0.5) is 5.69 Å². The Morgan fingerprint density at radius 1 is 1.15 bits per heavy atom. The molecular weight excluding hydrogens is 366 g/mol. The minimum atomic E-state index is -3.61. The Hall–Kier alpha value is -3.04. The Labute approximate surface area is 156 Å². The van der Waals surface area contributed by atoms with Crippen LogP contribution in [0.25, 0.3) is 5.82 Å². The molecule has 8 nitrogen and oxygen atoms in total. The molecule has 0 radical (unpaired) electrons. The number of benzene rings is 1. The predicted octanol–water partition coefficient (Wildman–Crippen LogP) is 1.96. The molecule has 1 saturated carbocycles. The molecule has 0 bridgehead atoms. The van der Waals surface area contributed by atoms with Gasteiger partial charge in [0.15, 0.2) is 5.82 Å². The van der Waals surface area contributed by atoms with Gasteiger partial charge in [0, 0.05) is 24.0 Å². The number of amides is 1. The standard InChI is InChI=1S/C18H17N5O3S/c24-18(21-15-7-8-17(19-12-15)23-10-2-9-20-23)13-3-1-4-16(11-13)27(25,26)22-14-5-6-14/h1-4,7-12,14,22H,5-6H2,(H,21,24). The van der Waals surface area contributed by atoms with Crippen molar-refractivity contribution in [3.8, 4) is 5.82 Å². The number of anilines is 1. The first kappa shape index (κ1) is 17.4. The average molecular weight is 383 g/mol. The van der Waals surface area contributed by atoms with Crippen molar-refractivity contribution < 1.29 is 13.2 Å². The van der Waals surface area contributed by atoms with E-state index < -0.39 is 15.9 Å². The van der Waals surface area contributed by atoms with Crippen molar-refractivity contribution in [1.82, 2.24) is 19.5 Å². The Morgan fingerprint density at radius 2 is 2.00 bits per heavy atom. The Bertz CT molecular complexity index is 1060. The molecule has 2 heterocycles. The number of hydrogen-bond donors (Lipinski definition) is 2. The van der Waals surface area contributed by atoms with Gasteiger partial charge in [-0.05, 0) is 49.2 Å². The van der Waals surface area contributed by atoms with Crippen molar-refractivity contribution in [3.05, 3.63) is 66.6 Å². The second kappa shape index (κ2) is 6.93. The summed E-state index contributed by atoms with van der Waals surface area (Å²) in [7, 11) is -3.61. The van der Waals surface area contributed by atoms with Gasteiger partial charge in [0.25, 0.3) is 5.91 Å². The van der Waals surface area contributed by atoms with Gasteiger partial charge >= 0.3 is 0 Å². The molecule has 1 fully saturated rings. The fraction of sp³-hybridized carbons (Fsp3) is 0.167. The van der Waals surface area contributed by atoms with Gasteiger partial charge in [0.05, 0.1) is 16.8 Å². The first-order valence-electron chi connectivity index (χ1n) is 8.41. The van der Waals surface area contributed by atoms with Crippen molar-refractivity contribution in [2.45, 2.75) is 23.8 Å². The lowest BCUT2D eigenvalue weighted by molar-refractivity contribution is 0.102. The summed E-state index contributed by atoms with van der Waals surface area (Å²) in [5.41, 5.74) is 0.755. The molecule has 0 saturated heterocycles. The van der Waals surface area contributed by atoms with E-state index in [4.69, 9.17) is 0 Å². The fourth-order valence-corrected chi connectivity index (χ4v) is 3.85. The largest absolute Gasteiger partial charge is 0.321 e. The maximum absolute atomic E-state index is 12.5. The van der Waals surface area contributed by atoms with Crippen LogP contribution in [0.3, 0.4) is 0 Å². The summed E-state index contributed by atoms with van der Waals surface area (Å²) in [6, 6.07) is 11.2. The van der Waals surface area contributed by atoms with E-state index in [1.54, 1.807) is 47.4 Å². The predicted molar refractivity (Wildman–Crippen MR) is 99.1 cm³/mol. The molecule has 9 heteroatoms. The van der Waals surface area contributed by atoms with Crippen molar-refractivity contribution in [1.29, 1.82) is 0 Å². The van der Waals surface area contributed by atoms with Gasteiger partial charge in [-0.1, -0.05) is 6.07 Å². The zero-order valence-electron chi connectivity index (χ0n) is 14.2. The summed E-state index contributed by atoms with van der Waals surface area (Å²) >= 11 is 0. The third-order valence-corrected chi connectivity index (χ3v) is 5.57. The van der Waals surface area contributed by atoms with Gasteiger partial charge in [-0.3, -0.25) is 4.79 Å². The quantitative estimate of drug-likeness (QED) is 0.677. The van der Waals surface area contributed by atoms with E-state index in [0.29, 0.717) is 11.5 Å². The highest BCUT2D eigenvalue weighted by atomic mass is 32.2. The summed E-state index contributed by atoms with van der Waals surface area (Å²) < 4.78 is 28.8. The van der Waals surface area contributed by atoms with Gasteiger partial charge in [-0.25, -0.2) is 22.8 Å². The molecule has 2 N–H and O–H groups in total. The van der Waals surface area contributed by atoms with Crippen molar-refractivity contribution >= 4 is 21.6 Å². The monoisotopic (exact) mass is 383 g/mol. The SMILES string of the molecule is O=C(Nc1ccc(-n2cccn2)nc1)c1cccc(S(=O)(=O)NC2CC2)c1. The van der Waals surface area contributed by atoms with E-state index in [9.17, 15) is 13.2 Å². The van der Waals surface area contributed by atoms with Gasteiger partial charge < -0.3 is 5.32 Å². The third-order valence-electron chi connectivity index (χ3n) is 4.05. The molecule has 0 atom stereocenters. The molecule has 3 aromatic rings. The molecule has 138 valence electrons. The van der Waals surface area contributed by atoms with Gasteiger partial charge in [-0.15, -0.1) is 0 Å². The second-order valence-electron chi connectivity index (χ2n) is 6.23. The van der Waals surface area contributed by atoms with E-state index in [-0.39, 0.29) is 16.5 Å². The number of carbonyl (C=O) groups is 1. The van der Waals surface area contributed by atoms with Crippen LogP contribution in [0.15, 0.2) is 66.0 Å². The molecule has 1 amide bonds. The average Bonchev–Trinajstić information content (AvgIpc) is 3.30. The number of nitrogens with zero attached hydrogens (tertiary/aromatic N) is 3. The Kier molecular flexibility index (Phi) is 4.46. The van der Waals surface area contributed by atoms with Crippen LogP contribution in [0, 0.1) is 0 Å². The maximum Gasteiger partial charge on any atom is 0.255 e. The zero-order valence-corrected chi connectivity index (χ0v) is 15.1. The van der Waals surface area contributed by atoms with Crippen LogP contribution in [-0.4, -0.2) is 35.1 Å². The maximum atomic E-state index is 12.5. The highest BCUT2D eigenvalue weighted by Gasteiger charge is 2.28. The molecule has 1 aliphatic carbocycles. The van der Waals surface area contributed by atoms with E-state index in [1.807, 2.05) is 0 Å². The first-order chi connectivity index (χ1) is 13.0. The number of pyridine rings is 1. The van der Waals surface area contributed by atoms with Crippen LogP contribution in [0.1, 0.15) is 23.2 Å². The molecule has 27 heavy (non-hydrogen) atoms. The van der Waals surface area contributed by atoms with E-state index in [2.05, 4.69) is 20.1 Å². The normalized spacial score (nSPS) is 14.1. The van der Waals surface area contributed by atoms with Crippen molar-refractivity contribution in [3.63, 3.8) is 0 Å². The molecule has 1 aromatic carbocycles. The third kappa shape index (κ3) is 4.04. The molecule has 0 aliphatic heterocycles. The van der Waals surface area contributed by atoms with E-state index in [1.165, 1.54) is 18.3 Å². The molecule has 4 rings (SSSR count). The molecule has 0 unspecified atom stereocenters. The minimum absolute atomic E-state index is 0.00635. The van der Waals surface area contributed by atoms with Gasteiger partial charge in [0.2, 0.25) is 10.0 Å². The number of nitrogens with one attached hydrogen (secondary N) is 2. The first-order valence-corrected chi connectivity index (χ1v) is 9.89. The summed E-state index contributed by atoms with van der Waals surface area (Å²) in [5, 5.41) is 6.80. The topological polar surface area (TPSA) is 106 Å². The lowest BCUT2D eigenvalue weighted by Crippen LogP contribution is -2.26.